The third kappa shape index (κ3) is 4.37. The molecule has 0 amide bonds. The summed E-state index contributed by atoms with van der Waals surface area (Å²) in [6.07, 6.45) is 0. The molecule has 156 valence electrons. The van der Waals surface area contributed by atoms with E-state index in [2.05, 4.69) is 0 Å². The minimum Gasteiger partial charge on any atom is -0.507 e. The molecule has 6 heteroatoms. The first-order valence-corrected chi connectivity index (χ1v) is 10.7. The minimum absolute atomic E-state index is 0.155. The van der Waals surface area contributed by atoms with Crippen molar-refractivity contribution in [1.82, 2.24) is 0 Å². The van der Waals surface area contributed by atoms with Gasteiger partial charge in [-0.3, -0.25) is 0 Å². The number of ether oxygens (including phenoxy) is 4. The highest BCUT2D eigenvalue weighted by Gasteiger charge is 2.27. The van der Waals surface area contributed by atoms with Gasteiger partial charge in [-0.05, 0) is 38.0 Å². The molecule has 0 aliphatic carbocycles. The molecule has 0 aliphatic heterocycles. The summed E-state index contributed by atoms with van der Waals surface area (Å²) in [7, 11) is 5.14. The predicted molar refractivity (Wildman–Crippen MR) is 122 cm³/mol. The van der Waals surface area contributed by atoms with Gasteiger partial charge in [0.1, 0.15) is 28.8 Å². The van der Waals surface area contributed by atoms with Crippen LogP contribution in [0.4, 0.5) is 0 Å². The van der Waals surface area contributed by atoms with Gasteiger partial charge >= 0.3 is 0 Å². The molecule has 0 fully saturated rings. The van der Waals surface area contributed by atoms with Crippen LogP contribution in [0, 0.1) is 0 Å². The molecule has 30 heavy (non-hydrogen) atoms. The zero-order valence-corrected chi connectivity index (χ0v) is 18.4. The van der Waals surface area contributed by atoms with Gasteiger partial charge in [0.25, 0.3) is 0 Å². The van der Waals surface area contributed by atoms with Crippen molar-refractivity contribution in [3.05, 3.63) is 78.1 Å². The van der Waals surface area contributed by atoms with Gasteiger partial charge in [0.15, 0.2) is 0 Å². The average molecular weight is 424 g/mol. The fraction of sp³-hybridized carbons (Fsp3) is 0.167. The quantitative estimate of drug-likeness (QED) is 0.419. The molecule has 3 aromatic carbocycles. The highest BCUT2D eigenvalue weighted by molar-refractivity contribution is 7.76. The van der Waals surface area contributed by atoms with E-state index < -0.39 is 7.92 Å². The van der Waals surface area contributed by atoms with Crippen LogP contribution in [0.25, 0.3) is 5.76 Å². The van der Waals surface area contributed by atoms with Gasteiger partial charge in [-0.1, -0.05) is 42.5 Å². The summed E-state index contributed by atoms with van der Waals surface area (Å²) in [4.78, 5) is 0. The third-order valence-corrected chi connectivity index (χ3v) is 6.95. The van der Waals surface area contributed by atoms with Crippen molar-refractivity contribution in [1.29, 1.82) is 0 Å². The van der Waals surface area contributed by atoms with Crippen LogP contribution in [0.3, 0.4) is 0 Å². The first-order chi connectivity index (χ1) is 14.6. The first-order valence-electron chi connectivity index (χ1n) is 9.32. The summed E-state index contributed by atoms with van der Waals surface area (Å²) >= 11 is 0. The monoisotopic (exact) mass is 424 g/mol. The van der Waals surface area contributed by atoms with Gasteiger partial charge in [0.2, 0.25) is 0 Å². The number of hydrogen-bond acceptors (Lipinski definition) is 5. The van der Waals surface area contributed by atoms with Crippen LogP contribution in [0.5, 0.6) is 23.0 Å². The van der Waals surface area contributed by atoms with Gasteiger partial charge in [-0.15, -0.1) is 0 Å². The molecule has 0 saturated heterocycles. The second-order valence-corrected chi connectivity index (χ2v) is 8.17. The summed E-state index contributed by atoms with van der Waals surface area (Å²) < 4.78 is 22.7. The van der Waals surface area contributed by atoms with E-state index in [1.807, 2.05) is 72.5 Å². The Labute approximate surface area is 178 Å². The molecule has 0 saturated carbocycles. The van der Waals surface area contributed by atoms with Crippen molar-refractivity contribution >= 4 is 24.3 Å². The maximum atomic E-state index is 11.0. The maximum absolute atomic E-state index is 11.0. The molecule has 3 rings (SSSR count). The van der Waals surface area contributed by atoms with Crippen LogP contribution in [0.15, 0.2) is 72.5 Å². The molecule has 0 unspecified atom stereocenters. The van der Waals surface area contributed by atoms with E-state index in [0.29, 0.717) is 28.6 Å². The number of aliphatic hydroxyl groups excluding tert-OH is 1. The van der Waals surface area contributed by atoms with Crippen molar-refractivity contribution in [2.24, 2.45) is 0 Å². The summed E-state index contributed by atoms with van der Waals surface area (Å²) in [5.41, 5.74) is 0.715. The van der Waals surface area contributed by atoms with E-state index in [-0.39, 0.29) is 5.76 Å². The van der Waals surface area contributed by atoms with Crippen molar-refractivity contribution in [3.63, 3.8) is 0 Å². The van der Waals surface area contributed by atoms with Gasteiger partial charge in [0.05, 0.1) is 39.0 Å². The first kappa shape index (κ1) is 21.5. The Bertz CT molecular complexity index is 917. The van der Waals surface area contributed by atoms with Crippen molar-refractivity contribution in [3.8, 4) is 23.0 Å². The lowest BCUT2D eigenvalue weighted by Crippen LogP contribution is -2.18. The van der Waals surface area contributed by atoms with E-state index in [4.69, 9.17) is 18.9 Å². The van der Waals surface area contributed by atoms with E-state index in [1.54, 1.807) is 28.4 Å². The lowest BCUT2D eigenvalue weighted by Gasteiger charge is -2.24. The molecular formula is C24H25O5P. The van der Waals surface area contributed by atoms with Crippen LogP contribution < -0.4 is 29.6 Å². The minimum atomic E-state index is -1.33. The fourth-order valence-corrected chi connectivity index (χ4v) is 5.67. The van der Waals surface area contributed by atoms with Crippen LogP contribution in [-0.2, 0) is 0 Å². The number of benzene rings is 3. The van der Waals surface area contributed by atoms with E-state index >= 15 is 0 Å². The number of hydrogen-bond donors (Lipinski definition) is 1. The van der Waals surface area contributed by atoms with Gasteiger partial charge in [0, 0.05) is 5.56 Å². The SMILES string of the molecule is COc1cccc(OC)c1P(/C=C(\O)c1ccccc1)c1c(OC)cccc1OC. The van der Waals surface area contributed by atoms with E-state index in [1.165, 1.54) is 0 Å². The summed E-state index contributed by atoms with van der Waals surface area (Å²) in [6, 6.07) is 20.6. The van der Waals surface area contributed by atoms with Crippen molar-refractivity contribution in [2.75, 3.05) is 28.4 Å². The van der Waals surface area contributed by atoms with Gasteiger partial charge in [-0.25, -0.2) is 0 Å². The number of aliphatic hydroxyl groups is 1. The normalized spacial score (nSPS) is 11.3. The second-order valence-electron chi connectivity index (χ2n) is 6.27. The zero-order chi connectivity index (χ0) is 21.5. The van der Waals surface area contributed by atoms with Crippen molar-refractivity contribution in [2.45, 2.75) is 0 Å². The molecule has 3 aromatic rings. The topological polar surface area (TPSA) is 57.2 Å². The molecular weight excluding hydrogens is 399 g/mol. The Kier molecular flexibility index (Phi) is 7.21. The summed E-state index contributed by atoms with van der Waals surface area (Å²) in [5, 5.41) is 12.6. The molecule has 0 heterocycles. The van der Waals surface area contributed by atoms with Gasteiger partial charge in [-0.2, -0.15) is 0 Å². The summed E-state index contributed by atoms with van der Waals surface area (Å²) in [5.74, 6) is 4.61. The van der Waals surface area contributed by atoms with Crippen LogP contribution >= 0.6 is 7.92 Å². The van der Waals surface area contributed by atoms with Crippen LogP contribution in [0.2, 0.25) is 0 Å². The standard InChI is InChI=1S/C24H25O5P/c1-26-19-12-8-13-20(27-2)23(19)30(16-18(25)17-10-6-5-7-11-17)24-21(28-3)14-9-15-22(24)29-4/h5-16,25H,1-4H3/b18-16-. The Morgan fingerprint density at radius 3 is 1.40 bits per heavy atom. The largest absolute Gasteiger partial charge is 0.507 e. The molecule has 0 spiro atoms. The Morgan fingerprint density at radius 1 is 0.633 bits per heavy atom. The average Bonchev–Trinajstić information content (AvgIpc) is 2.81. The van der Waals surface area contributed by atoms with E-state index in [0.717, 1.165) is 10.6 Å². The third-order valence-electron chi connectivity index (χ3n) is 4.61. The lowest BCUT2D eigenvalue weighted by molar-refractivity contribution is 0.399. The molecule has 5 nitrogen and oxygen atoms in total. The molecule has 1 N–H and O–H groups in total. The van der Waals surface area contributed by atoms with Crippen molar-refractivity contribution < 1.29 is 24.1 Å². The van der Waals surface area contributed by atoms with Crippen LogP contribution in [-0.4, -0.2) is 33.5 Å². The molecule has 0 bridgehead atoms. The Morgan fingerprint density at radius 2 is 1.03 bits per heavy atom. The number of methoxy groups -OCH3 is 4. The molecule has 0 atom stereocenters. The molecule has 0 aliphatic rings. The predicted octanol–water partition coefficient (Wildman–Crippen LogP) is 4.71. The number of rotatable bonds is 8. The zero-order valence-electron chi connectivity index (χ0n) is 17.5. The Hall–Kier alpha value is -3.17. The fourth-order valence-electron chi connectivity index (χ4n) is 3.18. The van der Waals surface area contributed by atoms with Crippen LogP contribution in [0.1, 0.15) is 5.56 Å². The second kappa shape index (κ2) is 10.0. The molecule has 0 radical (unpaired) electrons. The van der Waals surface area contributed by atoms with Gasteiger partial charge < -0.3 is 24.1 Å². The van der Waals surface area contributed by atoms with E-state index in [9.17, 15) is 5.11 Å². The Balaban J connectivity index is 2.33. The smallest absolute Gasteiger partial charge is 0.130 e. The highest BCUT2D eigenvalue weighted by Crippen LogP contribution is 2.48. The molecule has 0 aromatic heterocycles. The summed E-state index contributed by atoms with van der Waals surface area (Å²) in [6.45, 7) is 0. The lowest BCUT2D eigenvalue weighted by atomic mass is 10.2. The highest BCUT2D eigenvalue weighted by atomic mass is 31.1. The maximum Gasteiger partial charge on any atom is 0.130 e.